The van der Waals surface area contributed by atoms with Crippen LogP contribution >= 0.6 is 0 Å². The van der Waals surface area contributed by atoms with Gasteiger partial charge in [-0.15, -0.1) is 0 Å². The second kappa shape index (κ2) is 4.76. The lowest BCUT2D eigenvalue weighted by atomic mass is 10.2. The number of rotatable bonds is 3. The molecule has 0 amide bonds. The van der Waals surface area contributed by atoms with E-state index in [1.54, 1.807) is 18.2 Å². The minimum absolute atomic E-state index is 0.0537. The van der Waals surface area contributed by atoms with Gasteiger partial charge in [0.05, 0.1) is 11.1 Å². The molecule has 0 fully saturated rings. The Kier molecular flexibility index (Phi) is 3.37. The summed E-state index contributed by atoms with van der Waals surface area (Å²) >= 11 is 0. The third-order valence-corrected chi connectivity index (χ3v) is 1.55. The zero-order valence-electron chi connectivity index (χ0n) is 7.20. The van der Waals surface area contributed by atoms with Gasteiger partial charge in [-0.1, -0.05) is 11.2 Å². The standard InChI is InChI=1S/C9H8N2O3/c12-10-7-1-2-8-3-5-9(6-4-8)11(13)14/h1-7,12H/b2-1+,10-7-. The number of hydrogen-bond acceptors (Lipinski definition) is 4. The van der Waals surface area contributed by atoms with Gasteiger partial charge < -0.3 is 5.21 Å². The van der Waals surface area contributed by atoms with Crippen molar-refractivity contribution >= 4 is 18.0 Å². The highest BCUT2D eigenvalue weighted by atomic mass is 16.6. The monoisotopic (exact) mass is 192 g/mol. The summed E-state index contributed by atoms with van der Waals surface area (Å²) in [4.78, 5) is 9.85. The van der Waals surface area contributed by atoms with E-state index in [9.17, 15) is 10.1 Å². The lowest BCUT2D eigenvalue weighted by Gasteiger charge is -1.92. The van der Waals surface area contributed by atoms with Gasteiger partial charge in [0, 0.05) is 12.1 Å². The fourth-order valence-electron chi connectivity index (χ4n) is 0.900. The van der Waals surface area contributed by atoms with E-state index in [0.29, 0.717) is 0 Å². The molecule has 0 radical (unpaired) electrons. The first-order valence-electron chi connectivity index (χ1n) is 3.82. The largest absolute Gasteiger partial charge is 0.411 e. The topological polar surface area (TPSA) is 75.7 Å². The Labute approximate surface area is 80.1 Å². The van der Waals surface area contributed by atoms with Crippen LogP contribution in [0, 0.1) is 10.1 Å². The molecule has 0 bridgehead atoms. The molecule has 0 atom stereocenters. The molecule has 0 unspecified atom stereocenters. The quantitative estimate of drug-likeness (QED) is 0.344. The van der Waals surface area contributed by atoms with Crippen molar-refractivity contribution < 1.29 is 10.1 Å². The maximum absolute atomic E-state index is 10.3. The van der Waals surface area contributed by atoms with Crippen molar-refractivity contribution in [3.63, 3.8) is 0 Å². The maximum atomic E-state index is 10.3. The van der Waals surface area contributed by atoms with Crippen LogP contribution in [0.3, 0.4) is 0 Å². The van der Waals surface area contributed by atoms with Gasteiger partial charge in [-0.05, 0) is 23.8 Å². The van der Waals surface area contributed by atoms with Gasteiger partial charge in [-0.3, -0.25) is 10.1 Å². The van der Waals surface area contributed by atoms with Crippen molar-refractivity contribution in [2.45, 2.75) is 0 Å². The van der Waals surface area contributed by atoms with Crippen molar-refractivity contribution in [3.05, 3.63) is 46.0 Å². The van der Waals surface area contributed by atoms with Crippen molar-refractivity contribution in [2.24, 2.45) is 5.16 Å². The third kappa shape index (κ3) is 2.71. The molecule has 0 saturated heterocycles. The van der Waals surface area contributed by atoms with E-state index >= 15 is 0 Å². The van der Waals surface area contributed by atoms with Gasteiger partial charge in [0.15, 0.2) is 0 Å². The highest BCUT2D eigenvalue weighted by Crippen LogP contribution is 2.12. The average molecular weight is 192 g/mol. The molecule has 1 N–H and O–H groups in total. The second-order valence-electron chi connectivity index (χ2n) is 2.47. The predicted octanol–water partition coefficient (Wildman–Crippen LogP) is 2.07. The minimum atomic E-state index is -0.456. The lowest BCUT2D eigenvalue weighted by Crippen LogP contribution is -1.86. The van der Waals surface area contributed by atoms with Gasteiger partial charge in [-0.2, -0.15) is 0 Å². The van der Waals surface area contributed by atoms with E-state index in [2.05, 4.69) is 5.16 Å². The third-order valence-electron chi connectivity index (χ3n) is 1.55. The molecule has 72 valence electrons. The molecule has 5 heteroatoms. The highest BCUT2D eigenvalue weighted by molar-refractivity contribution is 5.77. The average Bonchev–Trinajstić information content (AvgIpc) is 2.19. The number of benzene rings is 1. The van der Waals surface area contributed by atoms with E-state index in [1.165, 1.54) is 24.4 Å². The molecule has 0 heterocycles. The van der Waals surface area contributed by atoms with Crippen LogP contribution in [0.1, 0.15) is 5.56 Å². The van der Waals surface area contributed by atoms with Crippen LogP contribution in [-0.4, -0.2) is 16.3 Å². The summed E-state index contributed by atoms with van der Waals surface area (Å²) in [7, 11) is 0. The maximum Gasteiger partial charge on any atom is 0.269 e. The molecule has 5 nitrogen and oxygen atoms in total. The predicted molar refractivity (Wildman–Crippen MR) is 52.4 cm³/mol. The molecule has 0 saturated carbocycles. The molecule has 1 aromatic carbocycles. The van der Waals surface area contributed by atoms with Crippen LogP contribution in [0.5, 0.6) is 0 Å². The van der Waals surface area contributed by atoms with Crippen LogP contribution < -0.4 is 0 Å². The van der Waals surface area contributed by atoms with Crippen LogP contribution in [0.15, 0.2) is 35.5 Å². The van der Waals surface area contributed by atoms with Crippen molar-refractivity contribution in [1.82, 2.24) is 0 Å². The number of nitro benzene ring substituents is 1. The smallest absolute Gasteiger partial charge is 0.269 e. The summed E-state index contributed by atoms with van der Waals surface area (Å²) in [5.41, 5.74) is 0.855. The fourth-order valence-corrected chi connectivity index (χ4v) is 0.900. The zero-order chi connectivity index (χ0) is 10.4. The minimum Gasteiger partial charge on any atom is -0.411 e. The molecule has 14 heavy (non-hydrogen) atoms. The normalized spacial score (nSPS) is 11.1. The first-order valence-corrected chi connectivity index (χ1v) is 3.82. The Morgan fingerprint density at radius 3 is 2.50 bits per heavy atom. The molecule has 0 spiro atoms. The van der Waals surface area contributed by atoms with Crippen LogP contribution in [0.25, 0.3) is 6.08 Å². The zero-order valence-corrected chi connectivity index (χ0v) is 7.20. The van der Waals surface area contributed by atoms with Gasteiger partial charge >= 0.3 is 0 Å². The molecule has 0 aliphatic heterocycles. The summed E-state index contributed by atoms with van der Waals surface area (Å²) < 4.78 is 0. The van der Waals surface area contributed by atoms with E-state index in [1.807, 2.05) is 0 Å². The van der Waals surface area contributed by atoms with E-state index < -0.39 is 4.92 Å². The summed E-state index contributed by atoms with van der Waals surface area (Å²) in [5.74, 6) is 0. The number of oxime groups is 1. The van der Waals surface area contributed by atoms with Crippen LogP contribution in [-0.2, 0) is 0 Å². The lowest BCUT2D eigenvalue weighted by molar-refractivity contribution is -0.384. The van der Waals surface area contributed by atoms with Crippen LogP contribution in [0.2, 0.25) is 0 Å². The Hall–Kier alpha value is -2.17. The Morgan fingerprint density at radius 1 is 1.36 bits per heavy atom. The van der Waals surface area contributed by atoms with Gasteiger partial charge in [-0.25, -0.2) is 0 Å². The summed E-state index contributed by atoms with van der Waals surface area (Å²) in [6, 6.07) is 6.05. The number of non-ortho nitro benzene ring substituents is 1. The highest BCUT2D eigenvalue weighted by Gasteiger charge is 2.01. The SMILES string of the molecule is O=[N+]([O-])c1ccc(/C=C/C=N\O)cc1. The van der Waals surface area contributed by atoms with E-state index in [4.69, 9.17) is 5.21 Å². The van der Waals surface area contributed by atoms with Gasteiger partial charge in [0.2, 0.25) is 0 Å². The van der Waals surface area contributed by atoms with Crippen LogP contribution in [0.4, 0.5) is 5.69 Å². The molecular weight excluding hydrogens is 184 g/mol. The number of allylic oxidation sites excluding steroid dienone is 1. The van der Waals surface area contributed by atoms with E-state index in [0.717, 1.165) is 5.56 Å². The number of hydrogen-bond donors (Lipinski definition) is 1. The van der Waals surface area contributed by atoms with Crippen molar-refractivity contribution in [1.29, 1.82) is 0 Å². The molecule has 0 aliphatic carbocycles. The first-order chi connectivity index (χ1) is 6.74. The Balaban J connectivity index is 2.78. The van der Waals surface area contributed by atoms with Crippen molar-refractivity contribution in [2.75, 3.05) is 0 Å². The first kappa shape index (κ1) is 9.91. The van der Waals surface area contributed by atoms with Crippen molar-refractivity contribution in [3.8, 4) is 0 Å². The molecule has 0 aromatic heterocycles. The summed E-state index contributed by atoms with van der Waals surface area (Å²) in [6.07, 6.45) is 4.41. The van der Waals surface area contributed by atoms with Gasteiger partial charge in [0.25, 0.3) is 5.69 Å². The summed E-state index contributed by atoms with van der Waals surface area (Å²) in [5, 5.41) is 21.2. The molecular formula is C9H8N2O3. The molecule has 1 rings (SSSR count). The molecule has 1 aromatic rings. The number of nitro groups is 1. The van der Waals surface area contributed by atoms with Gasteiger partial charge in [0.1, 0.15) is 0 Å². The summed E-state index contributed by atoms with van der Waals surface area (Å²) in [6.45, 7) is 0. The second-order valence-corrected chi connectivity index (χ2v) is 2.47. The number of nitrogens with zero attached hydrogens (tertiary/aromatic N) is 2. The fraction of sp³-hybridized carbons (Fsp3) is 0. The Bertz CT molecular complexity index is 368. The Morgan fingerprint density at radius 2 is 2.00 bits per heavy atom. The molecule has 0 aliphatic rings. The van der Waals surface area contributed by atoms with E-state index in [-0.39, 0.29) is 5.69 Å².